The highest BCUT2D eigenvalue weighted by Gasteiger charge is 2.18. The zero-order valence-electron chi connectivity index (χ0n) is 27.8. The summed E-state index contributed by atoms with van der Waals surface area (Å²) in [5.41, 5.74) is 15.9. The summed E-state index contributed by atoms with van der Waals surface area (Å²) in [4.78, 5) is 15.0. The molecule has 8 rings (SSSR count). The van der Waals surface area contributed by atoms with E-state index in [-0.39, 0.29) is 0 Å². The second-order valence-corrected chi connectivity index (χ2v) is 12.6. The number of rotatable bonds is 5. The smallest absolute Gasteiger partial charge is 0.164 e. The third kappa shape index (κ3) is 5.07. The number of fused-ring (bicyclic) bond motifs is 3. The van der Waals surface area contributed by atoms with Crippen LogP contribution in [0.2, 0.25) is 0 Å². The monoisotopic (exact) mass is 611 g/mol. The van der Waals surface area contributed by atoms with Gasteiger partial charge < -0.3 is 4.42 Å². The van der Waals surface area contributed by atoms with E-state index in [1.165, 1.54) is 38.4 Å². The standard InChI is InChI=1S/C39H30B5N3O/c40-32-30(33(41)35(43)36(44)34(32)42)22-14-16-24(17-15-22)38-45-37(23-10-5-2-6-11-23)46-39(47-38)25-18-19-27-29(20-25)48-28-13-7-12-26(31(27)28)21-8-3-1-4-9-21/h1-20H,40-44H2. The van der Waals surface area contributed by atoms with Gasteiger partial charge in [-0.3, -0.25) is 0 Å². The van der Waals surface area contributed by atoms with E-state index in [2.05, 4.69) is 112 Å². The Morgan fingerprint density at radius 1 is 0.396 bits per heavy atom. The summed E-state index contributed by atoms with van der Waals surface area (Å²) in [5, 5.41) is 2.17. The van der Waals surface area contributed by atoms with Crippen molar-refractivity contribution in [1.29, 1.82) is 0 Å². The Morgan fingerprint density at radius 2 is 0.896 bits per heavy atom. The number of hydrogen-bond acceptors (Lipinski definition) is 4. The third-order valence-corrected chi connectivity index (χ3v) is 9.94. The Kier molecular flexibility index (Phi) is 7.41. The van der Waals surface area contributed by atoms with Crippen molar-refractivity contribution in [2.24, 2.45) is 0 Å². The van der Waals surface area contributed by atoms with Gasteiger partial charge in [-0.25, -0.2) is 15.0 Å². The Morgan fingerprint density at radius 3 is 1.52 bits per heavy atom. The molecule has 0 radical (unpaired) electrons. The normalized spacial score (nSPS) is 11.3. The molecule has 0 unspecified atom stereocenters. The second kappa shape index (κ2) is 11.9. The van der Waals surface area contributed by atoms with Crippen LogP contribution >= 0.6 is 0 Å². The summed E-state index contributed by atoms with van der Waals surface area (Å²) in [6, 6.07) is 41.7. The fourth-order valence-electron chi connectivity index (χ4n) is 6.89. The third-order valence-electron chi connectivity index (χ3n) is 9.94. The molecular weight excluding hydrogens is 581 g/mol. The molecule has 0 spiro atoms. The molecule has 2 heterocycles. The minimum atomic E-state index is 0.602. The van der Waals surface area contributed by atoms with Gasteiger partial charge in [-0.2, -0.15) is 0 Å². The van der Waals surface area contributed by atoms with Gasteiger partial charge in [0.05, 0.1) is 0 Å². The first-order valence-corrected chi connectivity index (χ1v) is 16.4. The first kappa shape index (κ1) is 29.8. The maximum absolute atomic E-state index is 6.43. The van der Waals surface area contributed by atoms with Gasteiger partial charge >= 0.3 is 0 Å². The van der Waals surface area contributed by atoms with Gasteiger partial charge in [0.2, 0.25) is 0 Å². The molecule has 0 aliphatic carbocycles. The van der Waals surface area contributed by atoms with E-state index >= 15 is 0 Å². The van der Waals surface area contributed by atoms with Crippen LogP contribution in [-0.2, 0) is 0 Å². The van der Waals surface area contributed by atoms with Crippen LogP contribution in [0.15, 0.2) is 126 Å². The average molecular weight is 611 g/mol. The van der Waals surface area contributed by atoms with Gasteiger partial charge in [-0.1, -0.05) is 114 Å². The number of aromatic nitrogens is 3. The van der Waals surface area contributed by atoms with E-state index in [1.54, 1.807) is 0 Å². The van der Waals surface area contributed by atoms with Crippen LogP contribution < -0.4 is 27.3 Å². The van der Waals surface area contributed by atoms with Crippen molar-refractivity contribution in [3.63, 3.8) is 0 Å². The van der Waals surface area contributed by atoms with Crippen molar-refractivity contribution in [2.45, 2.75) is 0 Å². The van der Waals surface area contributed by atoms with Gasteiger partial charge in [0.15, 0.2) is 17.5 Å². The summed E-state index contributed by atoms with van der Waals surface area (Å²) in [6.07, 6.45) is 0. The highest BCUT2D eigenvalue weighted by molar-refractivity contribution is 6.68. The quantitative estimate of drug-likeness (QED) is 0.277. The average Bonchev–Trinajstić information content (AvgIpc) is 3.52. The van der Waals surface area contributed by atoms with Gasteiger partial charge in [-0.15, -0.1) is 16.4 Å². The van der Waals surface area contributed by atoms with Crippen molar-refractivity contribution in [2.75, 3.05) is 0 Å². The molecule has 4 nitrogen and oxygen atoms in total. The maximum atomic E-state index is 6.43. The highest BCUT2D eigenvalue weighted by atomic mass is 16.3. The summed E-state index contributed by atoms with van der Waals surface area (Å²) in [5.74, 6) is 1.86. The van der Waals surface area contributed by atoms with Crippen LogP contribution in [0.3, 0.4) is 0 Å². The molecule has 0 N–H and O–H groups in total. The fraction of sp³-hybridized carbons (Fsp3) is 0. The fourth-order valence-corrected chi connectivity index (χ4v) is 6.89. The zero-order valence-corrected chi connectivity index (χ0v) is 27.8. The van der Waals surface area contributed by atoms with Crippen molar-refractivity contribution in [3.05, 3.63) is 121 Å². The molecule has 0 atom stereocenters. The Balaban J connectivity index is 1.25. The summed E-state index contributed by atoms with van der Waals surface area (Å²) < 4.78 is 6.43. The predicted molar refractivity (Wildman–Crippen MR) is 215 cm³/mol. The van der Waals surface area contributed by atoms with Crippen molar-refractivity contribution in [1.82, 2.24) is 15.0 Å². The Bertz CT molecular complexity index is 2470. The Hall–Kier alpha value is -5.55. The lowest BCUT2D eigenvalue weighted by molar-refractivity contribution is 0.669. The van der Waals surface area contributed by atoms with E-state index in [9.17, 15) is 0 Å². The maximum Gasteiger partial charge on any atom is 0.164 e. The van der Waals surface area contributed by atoms with Gasteiger partial charge in [0.1, 0.15) is 50.4 Å². The molecule has 0 saturated heterocycles. The molecule has 222 valence electrons. The summed E-state index contributed by atoms with van der Waals surface area (Å²) >= 11 is 0. The predicted octanol–water partition coefficient (Wildman–Crippen LogP) is 1.40. The molecule has 6 aromatic carbocycles. The first-order valence-electron chi connectivity index (χ1n) is 16.4. The molecule has 48 heavy (non-hydrogen) atoms. The summed E-state index contributed by atoms with van der Waals surface area (Å²) in [7, 11) is 11.1. The highest BCUT2D eigenvalue weighted by Crippen LogP contribution is 2.38. The topological polar surface area (TPSA) is 51.8 Å². The van der Waals surface area contributed by atoms with Crippen LogP contribution in [0.4, 0.5) is 0 Å². The van der Waals surface area contributed by atoms with Gasteiger partial charge in [0, 0.05) is 27.5 Å². The van der Waals surface area contributed by atoms with Gasteiger partial charge in [-0.05, 0) is 40.5 Å². The minimum Gasteiger partial charge on any atom is -0.456 e. The molecule has 9 heteroatoms. The van der Waals surface area contributed by atoms with Crippen molar-refractivity contribution in [3.8, 4) is 56.4 Å². The molecule has 0 saturated carbocycles. The van der Waals surface area contributed by atoms with Crippen molar-refractivity contribution >= 4 is 88.5 Å². The number of hydrogen-bond donors (Lipinski definition) is 0. The largest absolute Gasteiger partial charge is 0.456 e. The molecule has 0 amide bonds. The molecule has 0 fully saturated rings. The second-order valence-electron chi connectivity index (χ2n) is 12.6. The molecule has 8 aromatic rings. The lowest BCUT2D eigenvalue weighted by Gasteiger charge is -2.20. The lowest BCUT2D eigenvalue weighted by atomic mass is 9.59. The first-order chi connectivity index (χ1) is 23.4. The van der Waals surface area contributed by atoms with E-state index < -0.39 is 0 Å². The molecular formula is C39H30B5N3O. The van der Waals surface area contributed by atoms with E-state index in [0.29, 0.717) is 17.5 Å². The van der Waals surface area contributed by atoms with Gasteiger partial charge in [0.25, 0.3) is 0 Å². The van der Waals surface area contributed by atoms with Crippen LogP contribution in [-0.4, -0.2) is 54.2 Å². The molecule has 0 aliphatic heterocycles. The molecule has 2 aromatic heterocycles. The zero-order chi connectivity index (χ0) is 32.9. The minimum absolute atomic E-state index is 0.602. The van der Waals surface area contributed by atoms with Crippen LogP contribution in [0, 0.1) is 0 Å². The number of nitrogens with zero attached hydrogens (tertiary/aromatic N) is 3. The summed E-state index contributed by atoms with van der Waals surface area (Å²) in [6.45, 7) is 0. The van der Waals surface area contributed by atoms with E-state index in [4.69, 9.17) is 19.4 Å². The van der Waals surface area contributed by atoms with Crippen LogP contribution in [0.25, 0.3) is 78.4 Å². The Labute approximate surface area is 284 Å². The molecule has 0 aliphatic rings. The number of benzene rings is 6. The molecule has 0 bridgehead atoms. The SMILES string of the molecule is Bc1c(B)c(B)c(-c2ccc(-c3nc(-c4ccccc4)nc(-c4ccc5c(c4)oc4cccc(-c6ccccc6)c45)n3)cc2)c(B)c1B. The lowest BCUT2D eigenvalue weighted by Crippen LogP contribution is -2.55. The number of furan rings is 1. The van der Waals surface area contributed by atoms with Crippen molar-refractivity contribution < 1.29 is 4.42 Å². The van der Waals surface area contributed by atoms with Crippen LogP contribution in [0.1, 0.15) is 0 Å². The van der Waals surface area contributed by atoms with E-state index in [1.807, 2.05) is 48.5 Å². The van der Waals surface area contributed by atoms with E-state index in [0.717, 1.165) is 49.8 Å². The van der Waals surface area contributed by atoms with Crippen LogP contribution in [0.5, 0.6) is 0 Å².